The minimum Gasteiger partial charge on any atom is -0.396 e. The van der Waals surface area contributed by atoms with Crippen LogP contribution in [0, 0.1) is 18.8 Å². The lowest BCUT2D eigenvalue weighted by Crippen LogP contribution is -2.41. The highest BCUT2D eigenvalue weighted by molar-refractivity contribution is 5.75. The van der Waals surface area contributed by atoms with Gasteiger partial charge in [-0.25, -0.2) is 4.79 Å². The lowest BCUT2D eigenvalue weighted by molar-refractivity contribution is 0.192. The number of aliphatic hydroxyl groups is 1. The van der Waals surface area contributed by atoms with E-state index >= 15 is 0 Å². The zero-order valence-electron chi connectivity index (χ0n) is 12.8. The molecule has 1 aromatic rings. The van der Waals surface area contributed by atoms with Crippen molar-refractivity contribution in [2.24, 2.45) is 11.8 Å². The van der Waals surface area contributed by atoms with Crippen LogP contribution in [0.3, 0.4) is 0 Å². The largest absolute Gasteiger partial charge is 0.396 e. The van der Waals surface area contributed by atoms with Crippen molar-refractivity contribution in [3.05, 3.63) is 34.9 Å². The van der Waals surface area contributed by atoms with Gasteiger partial charge in [0.2, 0.25) is 0 Å². The van der Waals surface area contributed by atoms with Crippen LogP contribution in [-0.2, 0) is 6.42 Å². The summed E-state index contributed by atoms with van der Waals surface area (Å²) in [7, 11) is 0. The van der Waals surface area contributed by atoms with Gasteiger partial charge in [-0.2, -0.15) is 0 Å². The summed E-state index contributed by atoms with van der Waals surface area (Å²) in [5, 5.41) is 12.4. The van der Waals surface area contributed by atoms with E-state index in [9.17, 15) is 9.90 Å². The maximum Gasteiger partial charge on any atom is 0.317 e. The molecule has 1 fully saturated rings. The minimum absolute atomic E-state index is 0.0113. The Kier molecular flexibility index (Phi) is 3.89. The predicted octanol–water partition coefficient (Wildman–Crippen LogP) is 2.25. The van der Waals surface area contributed by atoms with E-state index in [-0.39, 0.29) is 24.6 Å². The quantitative estimate of drug-likeness (QED) is 0.877. The van der Waals surface area contributed by atoms with Crippen LogP contribution in [0.5, 0.6) is 0 Å². The fourth-order valence-corrected chi connectivity index (χ4v) is 3.57. The molecule has 4 heteroatoms. The van der Waals surface area contributed by atoms with Gasteiger partial charge in [-0.1, -0.05) is 30.7 Å². The zero-order chi connectivity index (χ0) is 15.0. The fraction of sp³-hybridized carbons (Fsp3) is 0.588. The standard InChI is InChI=1S/C17H24N2O2/c1-11-3-4-14-8-12(2)16(15(14)7-11)18-17(21)19-6-5-13(9-19)10-20/h3-4,7,12-13,16,20H,5-6,8-10H2,1-2H3,(H,18,21)/t12-,13-,16-/m1/s1. The van der Waals surface area contributed by atoms with Crippen molar-refractivity contribution in [2.45, 2.75) is 32.7 Å². The van der Waals surface area contributed by atoms with Crippen molar-refractivity contribution in [1.29, 1.82) is 0 Å². The minimum atomic E-state index is 0.0113. The third-order valence-corrected chi connectivity index (χ3v) is 4.86. The zero-order valence-corrected chi connectivity index (χ0v) is 12.8. The molecule has 0 aromatic heterocycles. The monoisotopic (exact) mass is 288 g/mol. The number of likely N-dealkylation sites (tertiary alicyclic amines) is 1. The molecule has 1 heterocycles. The van der Waals surface area contributed by atoms with Crippen molar-refractivity contribution in [3.8, 4) is 0 Å². The summed E-state index contributed by atoms with van der Waals surface area (Å²) >= 11 is 0. The van der Waals surface area contributed by atoms with Crippen LogP contribution in [-0.4, -0.2) is 35.7 Å². The van der Waals surface area contributed by atoms with Gasteiger partial charge in [0.1, 0.15) is 0 Å². The highest BCUT2D eigenvalue weighted by Gasteiger charge is 2.33. The first-order chi connectivity index (χ1) is 10.1. The first kappa shape index (κ1) is 14.4. The Morgan fingerprint density at radius 1 is 1.48 bits per heavy atom. The van der Waals surface area contributed by atoms with Crippen molar-refractivity contribution in [3.63, 3.8) is 0 Å². The topological polar surface area (TPSA) is 52.6 Å². The molecule has 3 atom stereocenters. The van der Waals surface area contributed by atoms with Crippen molar-refractivity contribution >= 4 is 6.03 Å². The maximum atomic E-state index is 12.4. The molecule has 2 aliphatic rings. The molecule has 0 bridgehead atoms. The SMILES string of the molecule is Cc1ccc2c(c1)[C@H](NC(=O)N1CC[C@@H](CO)C1)[C@H](C)C2. The summed E-state index contributed by atoms with van der Waals surface area (Å²) in [6, 6.07) is 6.65. The van der Waals surface area contributed by atoms with Gasteiger partial charge in [-0.05, 0) is 36.8 Å². The molecule has 0 unspecified atom stereocenters. The number of carbonyl (C=O) groups is 1. The second-order valence-electron chi connectivity index (χ2n) is 6.59. The molecule has 1 saturated heterocycles. The number of urea groups is 1. The van der Waals surface area contributed by atoms with Crippen LogP contribution in [0.15, 0.2) is 18.2 Å². The number of nitrogens with one attached hydrogen (secondary N) is 1. The van der Waals surface area contributed by atoms with Crippen LogP contribution < -0.4 is 5.32 Å². The van der Waals surface area contributed by atoms with Crippen molar-refractivity contribution in [2.75, 3.05) is 19.7 Å². The molecule has 0 spiro atoms. The summed E-state index contributed by atoms with van der Waals surface area (Å²) < 4.78 is 0. The van der Waals surface area contributed by atoms with Crippen molar-refractivity contribution in [1.82, 2.24) is 10.2 Å². The number of aliphatic hydroxyl groups excluding tert-OH is 1. The number of hydrogen-bond donors (Lipinski definition) is 2. The smallest absolute Gasteiger partial charge is 0.317 e. The van der Waals surface area contributed by atoms with E-state index in [1.807, 2.05) is 4.90 Å². The molecule has 21 heavy (non-hydrogen) atoms. The Balaban J connectivity index is 1.71. The average molecular weight is 288 g/mol. The molecule has 3 rings (SSSR count). The maximum absolute atomic E-state index is 12.4. The predicted molar refractivity (Wildman–Crippen MR) is 82.1 cm³/mol. The van der Waals surface area contributed by atoms with Crippen LogP contribution in [0.2, 0.25) is 0 Å². The normalized spacial score (nSPS) is 27.8. The Bertz CT molecular complexity index is 544. The van der Waals surface area contributed by atoms with E-state index in [1.165, 1.54) is 16.7 Å². The van der Waals surface area contributed by atoms with E-state index < -0.39 is 0 Å². The second kappa shape index (κ2) is 5.68. The van der Waals surface area contributed by atoms with E-state index in [2.05, 4.69) is 37.4 Å². The van der Waals surface area contributed by atoms with Gasteiger partial charge >= 0.3 is 6.03 Å². The Hall–Kier alpha value is -1.55. The van der Waals surface area contributed by atoms with E-state index in [4.69, 9.17) is 0 Å². The van der Waals surface area contributed by atoms with Gasteiger partial charge in [0.05, 0.1) is 6.04 Å². The van der Waals surface area contributed by atoms with Gasteiger partial charge < -0.3 is 15.3 Å². The summed E-state index contributed by atoms with van der Waals surface area (Å²) in [5.74, 6) is 0.674. The molecule has 1 aliphatic carbocycles. The van der Waals surface area contributed by atoms with Gasteiger partial charge in [0.15, 0.2) is 0 Å². The average Bonchev–Trinajstić information content (AvgIpc) is 3.05. The van der Waals surface area contributed by atoms with Gasteiger partial charge in [0, 0.05) is 25.6 Å². The number of carbonyl (C=O) groups excluding carboxylic acids is 1. The second-order valence-corrected chi connectivity index (χ2v) is 6.59. The number of benzene rings is 1. The van der Waals surface area contributed by atoms with Crippen molar-refractivity contribution < 1.29 is 9.90 Å². The molecule has 0 saturated carbocycles. The Morgan fingerprint density at radius 2 is 2.29 bits per heavy atom. The molecule has 0 radical (unpaired) electrons. The molecule has 4 nitrogen and oxygen atoms in total. The highest BCUT2D eigenvalue weighted by atomic mass is 16.3. The third-order valence-electron chi connectivity index (χ3n) is 4.86. The summed E-state index contributed by atoms with van der Waals surface area (Å²) in [6.07, 6.45) is 1.93. The molecule has 1 aromatic carbocycles. The number of nitrogens with zero attached hydrogens (tertiary/aromatic N) is 1. The first-order valence-corrected chi connectivity index (χ1v) is 7.84. The molecule has 2 N–H and O–H groups in total. The Labute approximate surface area is 126 Å². The summed E-state index contributed by atoms with van der Waals surface area (Å²) in [6.45, 7) is 5.88. The molecule has 2 amide bonds. The van der Waals surface area contributed by atoms with E-state index in [0.717, 1.165) is 19.4 Å². The molecule has 1 aliphatic heterocycles. The van der Waals surface area contributed by atoms with Gasteiger partial charge in [-0.15, -0.1) is 0 Å². The van der Waals surface area contributed by atoms with Crippen LogP contribution in [0.1, 0.15) is 36.1 Å². The van der Waals surface area contributed by atoms with Crippen LogP contribution in [0.4, 0.5) is 4.79 Å². The Morgan fingerprint density at radius 3 is 3.00 bits per heavy atom. The number of fused-ring (bicyclic) bond motifs is 1. The fourth-order valence-electron chi connectivity index (χ4n) is 3.57. The summed E-state index contributed by atoms with van der Waals surface area (Å²) in [5.41, 5.74) is 3.87. The highest BCUT2D eigenvalue weighted by Crippen LogP contribution is 2.36. The van der Waals surface area contributed by atoms with E-state index in [1.54, 1.807) is 0 Å². The number of amides is 2. The molecular formula is C17H24N2O2. The van der Waals surface area contributed by atoms with Crippen LogP contribution >= 0.6 is 0 Å². The molecular weight excluding hydrogens is 264 g/mol. The van der Waals surface area contributed by atoms with Gasteiger partial charge in [0.25, 0.3) is 0 Å². The number of hydrogen-bond acceptors (Lipinski definition) is 2. The first-order valence-electron chi connectivity index (χ1n) is 7.84. The number of aryl methyl sites for hydroxylation is 1. The van der Waals surface area contributed by atoms with E-state index in [0.29, 0.717) is 12.5 Å². The van der Waals surface area contributed by atoms with Gasteiger partial charge in [-0.3, -0.25) is 0 Å². The molecule has 114 valence electrons. The van der Waals surface area contributed by atoms with Crippen LogP contribution in [0.25, 0.3) is 0 Å². The lowest BCUT2D eigenvalue weighted by atomic mass is 10.0. The third kappa shape index (κ3) is 2.77. The summed E-state index contributed by atoms with van der Waals surface area (Å²) in [4.78, 5) is 14.3. The lowest BCUT2D eigenvalue weighted by Gasteiger charge is -2.24. The number of rotatable bonds is 2.